The molecule has 0 aliphatic heterocycles. The number of nitrogens with zero attached hydrogens (tertiary/aromatic N) is 1. The average Bonchev–Trinajstić information content (AvgIpc) is 3.14. The second-order valence-electron chi connectivity index (χ2n) is 9.25. The zero-order chi connectivity index (χ0) is 25.1. The normalized spacial score (nSPS) is 11.6. The molecule has 0 bridgehead atoms. The number of aliphatic hydroxyl groups is 2. The molecule has 4 aromatic carbocycles. The van der Waals surface area contributed by atoms with E-state index in [-0.39, 0.29) is 0 Å². The van der Waals surface area contributed by atoms with Gasteiger partial charge < -0.3 is 14.8 Å². The van der Waals surface area contributed by atoms with Crippen LogP contribution in [0.25, 0.3) is 38.3 Å². The second-order valence-corrected chi connectivity index (χ2v) is 9.25. The molecule has 34 heavy (non-hydrogen) atoms. The Hall–Kier alpha value is -3.01. The van der Waals surface area contributed by atoms with Gasteiger partial charge in [0, 0.05) is 21.8 Å². The van der Waals surface area contributed by atoms with Crippen LogP contribution in [0.4, 0.5) is 0 Å². The molecule has 0 aliphatic carbocycles. The Morgan fingerprint density at radius 3 is 1.82 bits per heavy atom. The molecule has 0 saturated heterocycles. The van der Waals surface area contributed by atoms with Crippen molar-refractivity contribution < 1.29 is 10.2 Å². The van der Waals surface area contributed by atoms with Gasteiger partial charge in [0.05, 0.1) is 30.1 Å². The van der Waals surface area contributed by atoms with E-state index in [1.54, 1.807) is 27.7 Å². The lowest BCUT2D eigenvalue weighted by atomic mass is 9.90. The molecule has 0 atom stereocenters. The van der Waals surface area contributed by atoms with Crippen molar-refractivity contribution in [1.82, 2.24) is 4.57 Å². The van der Waals surface area contributed by atoms with Crippen LogP contribution in [0.2, 0.25) is 6.82 Å². The van der Waals surface area contributed by atoms with E-state index in [2.05, 4.69) is 85.2 Å². The van der Waals surface area contributed by atoms with Crippen LogP contribution in [0.3, 0.4) is 0 Å². The van der Waals surface area contributed by atoms with Gasteiger partial charge in [-0.05, 0) is 51.3 Å². The predicted molar refractivity (Wildman–Crippen MR) is 148 cm³/mol. The summed E-state index contributed by atoms with van der Waals surface area (Å²) in [4.78, 5) is 0. The number of fused-ring (bicyclic) bond motifs is 5. The largest absolute Gasteiger partial charge is 0.387 e. The van der Waals surface area contributed by atoms with Crippen LogP contribution < -0.4 is 5.46 Å². The topological polar surface area (TPSA) is 45.4 Å². The molecule has 170 valence electrons. The van der Waals surface area contributed by atoms with Crippen molar-refractivity contribution in [3.63, 3.8) is 0 Å². The number of aromatic nitrogens is 1. The molecule has 0 fully saturated rings. The van der Waals surface area contributed by atoms with E-state index in [0.29, 0.717) is 0 Å². The van der Waals surface area contributed by atoms with E-state index < -0.39 is 11.2 Å². The number of para-hydroxylation sites is 2. The summed E-state index contributed by atoms with van der Waals surface area (Å²) in [7, 11) is 10.5. The summed E-state index contributed by atoms with van der Waals surface area (Å²) >= 11 is 0. The first-order valence-electron chi connectivity index (χ1n) is 11.4. The first-order chi connectivity index (χ1) is 16.1. The van der Waals surface area contributed by atoms with E-state index in [9.17, 15) is 0 Å². The summed E-state index contributed by atoms with van der Waals surface area (Å²) in [5.41, 5.74) is 2.42. The third kappa shape index (κ3) is 5.06. The lowest BCUT2D eigenvalue weighted by molar-refractivity contribution is -0.107. The van der Waals surface area contributed by atoms with Gasteiger partial charge in [-0.2, -0.15) is 0 Å². The van der Waals surface area contributed by atoms with Gasteiger partial charge >= 0.3 is 0 Å². The fraction of sp³-hybridized carbons (Fsp3) is 0.241. The molecular formula is C29H31B2NO2. The van der Waals surface area contributed by atoms with Crippen molar-refractivity contribution in [2.45, 2.75) is 45.7 Å². The highest BCUT2D eigenvalue weighted by atomic mass is 16.3. The predicted octanol–water partition coefficient (Wildman–Crippen LogP) is 5.46. The van der Waals surface area contributed by atoms with Crippen molar-refractivity contribution in [2.24, 2.45) is 0 Å². The van der Waals surface area contributed by atoms with Gasteiger partial charge in [0.25, 0.3) is 0 Å². The van der Waals surface area contributed by atoms with Gasteiger partial charge in [0.15, 0.2) is 0 Å². The summed E-state index contributed by atoms with van der Waals surface area (Å²) in [5, 5.41) is 23.1. The van der Waals surface area contributed by atoms with Crippen LogP contribution >= 0.6 is 0 Å². The second kappa shape index (κ2) is 10.1. The lowest BCUT2D eigenvalue weighted by Crippen LogP contribution is -2.44. The standard InChI is InChI=1S/C22H14BN.C6H14O2.CH3B/c23-16-11-13-18-15(14-16)10-12-20-19-8-4-5-9-21(19)24(22(18)20)17-6-2-1-3-7-17;1-5(2,7)6(3,4)8;1-2/h1-14H;7-8H,1-4H3;1H3. The molecule has 0 aliphatic rings. The first-order valence-corrected chi connectivity index (χ1v) is 11.4. The Morgan fingerprint density at radius 2 is 1.21 bits per heavy atom. The fourth-order valence-electron chi connectivity index (χ4n) is 3.65. The van der Waals surface area contributed by atoms with Crippen molar-refractivity contribution in [1.29, 1.82) is 0 Å². The smallest absolute Gasteiger partial charge is 0.113 e. The lowest BCUT2D eigenvalue weighted by Gasteiger charge is -2.31. The number of hydrogen-bond donors (Lipinski definition) is 2. The molecule has 5 rings (SSSR count). The number of benzene rings is 4. The maximum Gasteiger partial charge on any atom is 0.113 e. The van der Waals surface area contributed by atoms with E-state index in [4.69, 9.17) is 18.1 Å². The van der Waals surface area contributed by atoms with Gasteiger partial charge in [-0.1, -0.05) is 79.0 Å². The molecule has 5 heteroatoms. The molecule has 2 N–H and O–H groups in total. The Kier molecular flexibility index (Phi) is 7.60. The quantitative estimate of drug-likeness (QED) is 0.353. The Morgan fingerprint density at radius 1 is 0.647 bits per heavy atom. The molecule has 1 aromatic heterocycles. The number of hydrogen-bond acceptors (Lipinski definition) is 2. The molecule has 3 nitrogen and oxygen atoms in total. The van der Waals surface area contributed by atoms with Crippen molar-refractivity contribution >= 4 is 53.7 Å². The van der Waals surface area contributed by atoms with Crippen LogP contribution in [0.5, 0.6) is 0 Å². The zero-order valence-corrected chi connectivity index (χ0v) is 20.6. The fourth-order valence-corrected chi connectivity index (χ4v) is 3.65. The first kappa shape index (κ1) is 25.6. The Bertz CT molecular complexity index is 1380. The van der Waals surface area contributed by atoms with Crippen molar-refractivity contribution in [2.75, 3.05) is 0 Å². The average molecular weight is 447 g/mol. The van der Waals surface area contributed by atoms with Gasteiger partial charge in [-0.25, -0.2) is 0 Å². The highest BCUT2D eigenvalue weighted by molar-refractivity contribution is 6.33. The summed E-state index contributed by atoms with van der Waals surface area (Å²) in [5.74, 6) is 0. The molecule has 1 heterocycles. The van der Waals surface area contributed by atoms with Gasteiger partial charge in [0.1, 0.15) is 7.85 Å². The van der Waals surface area contributed by atoms with E-state index in [1.807, 2.05) is 12.1 Å². The van der Waals surface area contributed by atoms with E-state index in [0.717, 1.165) is 5.46 Å². The monoisotopic (exact) mass is 447 g/mol. The molecule has 0 unspecified atom stereocenters. The van der Waals surface area contributed by atoms with Gasteiger partial charge in [-0.15, -0.1) is 0 Å². The molecule has 4 radical (unpaired) electrons. The minimum atomic E-state index is -1.01. The van der Waals surface area contributed by atoms with Crippen LogP contribution in [-0.2, 0) is 0 Å². The van der Waals surface area contributed by atoms with Crippen molar-refractivity contribution in [3.05, 3.63) is 84.9 Å². The molecular weight excluding hydrogens is 416 g/mol. The summed E-state index contributed by atoms with van der Waals surface area (Å²) in [6.45, 7) is 7.81. The third-order valence-corrected chi connectivity index (χ3v) is 6.19. The number of rotatable bonds is 2. The summed E-state index contributed by atoms with van der Waals surface area (Å²) in [6, 6.07) is 29.6. The van der Waals surface area contributed by atoms with Crippen molar-refractivity contribution in [3.8, 4) is 5.69 Å². The van der Waals surface area contributed by atoms with E-state index in [1.165, 1.54) is 45.1 Å². The maximum atomic E-state index is 9.10. The van der Waals surface area contributed by atoms with Gasteiger partial charge in [-0.3, -0.25) is 0 Å². The van der Waals surface area contributed by atoms with Crippen LogP contribution in [0.1, 0.15) is 27.7 Å². The maximum absolute atomic E-state index is 9.10. The minimum absolute atomic E-state index is 0.796. The zero-order valence-electron chi connectivity index (χ0n) is 20.6. The molecule has 0 saturated carbocycles. The van der Waals surface area contributed by atoms with Crippen LogP contribution in [0.15, 0.2) is 84.9 Å². The highest BCUT2D eigenvalue weighted by Gasteiger charge is 2.31. The summed E-state index contributed by atoms with van der Waals surface area (Å²) < 4.78 is 2.35. The molecule has 0 spiro atoms. The van der Waals surface area contributed by atoms with E-state index >= 15 is 0 Å². The minimum Gasteiger partial charge on any atom is -0.387 e. The summed E-state index contributed by atoms with van der Waals surface area (Å²) in [6.07, 6.45) is 0. The molecule has 5 aromatic rings. The van der Waals surface area contributed by atoms with Gasteiger partial charge in [0.2, 0.25) is 0 Å². The Balaban J connectivity index is 0.000000279. The Labute approximate surface area is 204 Å². The SMILES string of the molecule is CC(C)(O)C(C)(C)O.[B]C.[B]c1ccc2c(ccc3c4ccccc4n(-c4ccccc4)c23)c1. The highest BCUT2D eigenvalue weighted by Crippen LogP contribution is 2.36. The molecule has 0 amide bonds. The third-order valence-electron chi connectivity index (χ3n) is 6.19. The van der Waals surface area contributed by atoms with Crippen LogP contribution in [-0.4, -0.2) is 41.7 Å². The van der Waals surface area contributed by atoms with Crippen LogP contribution in [0, 0.1) is 0 Å².